The molecule has 3 nitrogen and oxygen atoms in total. The highest BCUT2D eigenvalue weighted by Gasteiger charge is 2.22. The highest BCUT2D eigenvalue weighted by atomic mass is 35.5. The minimum absolute atomic E-state index is 0.370. The summed E-state index contributed by atoms with van der Waals surface area (Å²) in [6, 6.07) is 4.31. The number of nitrogens with zero attached hydrogens (tertiary/aromatic N) is 2. The molecule has 1 aromatic heterocycles. The van der Waals surface area contributed by atoms with Crippen molar-refractivity contribution in [1.29, 1.82) is 0 Å². The van der Waals surface area contributed by atoms with Crippen molar-refractivity contribution in [3.05, 3.63) is 41.2 Å². The van der Waals surface area contributed by atoms with Gasteiger partial charge in [-0.3, -0.25) is 4.90 Å². The maximum absolute atomic E-state index is 5.86. The second-order valence-corrected chi connectivity index (χ2v) is 5.26. The van der Waals surface area contributed by atoms with Gasteiger partial charge in [0.05, 0.1) is 0 Å². The van der Waals surface area contributed by atoms with E-state index in [1.54, 1.807) is 0 Å². The number of halogens is 1. The van der Waals surface area contributed by atoms with E-state index in [0.717, 1.165) is 32.6 Å². The fraction of sp³-hybridized carbons (Fsp3) is 0.500. The van der Waals surface area contributed by atoms with Crippen molar-refractivity contribution >= 4 is 11.6 Å². The van der Waals surface area contributed by atoms with Crippen molar-refractivity contribution < 1.29 is 0 Å². The lowest BCUT2D eigenvalue weighted by Crippen LogP contribution is -2.45. The molecule has 0 bridgehead atoms. The number of rotatable bonds is 4. The molecule has 0 amide bonds. The molecule has 1 aliphatic rings. The van der Waals surface area contributed by atoms with E-state index < -0.39 is 0 Å². The molecule has 1 aliphatic heterocycles. The summed E-state index contributed by atoms with van der Waals surface area (Å²) >= 11 is 5.86. The van der Waals surface area contributed by atoms with E-state index in [1.165, 1.54) is 11.1 Å². The number of hydrogen-bond donors (Lipinski definition) is 1. The predicted octanol–water partition coefficient (Wildman–Crippen LogP) is 2.65. The zero-order valence-electron chi connectivity index (χ0n) is 10.8. The first-order valence-corrected chi connectivity index (χ1v) is 6.75. The van der Waals surface area contributed by atoms with Crippen LogP contribution < -0.4 is 5.32 Å². The second-order valence-electron chi connectivity index (χ2n) is 4.88. The van der Waals surface area contributed by atoms with Crippen LogP contribution >= 0.6 is 11.6 Å². The molecule has 1 fully saturated rings. The topological polar surface area (TPSA) is 28.2 Å². The van der Waals surface area contributed by atoms with Gasteiger partial charge in [-0.25, -0.2) is 4.98 Å². The van der Waals surface area contributed by atoms with Gasteiger partial charge in [-0.15, -0.1) is 6.58 Å². The van der Waals surface area contributed by atoms with Crippen molar-refractivity contribution in [3.63, 3.8) is 0 Å². The van der Waals surface area contributed by atoms with Gasteiger partial charge < -0.3 is 5.32 Å². The van der Waals surface area contributed by atoms with Gasteiger partial charge in [0.25, 0.3) is 0 Å². The Bertz CT molecular complexity index is 396. The van der Waals surface area contributed by atoms with Crippen LogP contribution in [0, 0.1) is 0 Å². The summed E-state index contributed by atoms with van der Waals surface area (Å²) in [6.45, 7) is 10.4. The van der Waals surface area contributed by atoms with Crippen LogP contribution in [0.15, 0.2) is 30.5 Å². The summed E-state index contributed by atoms with van der Waals surface area (Å²) < 4.78 is 0. The normalized spacial score (nSPS) is 18.6. The van der Waals surface area contributed by atoms with Crippen LogP contribution in [0.2, 0.25) is 5.15 Å². The Kier molecular flexibility index (Phi) is 4.75. The fourth-order valence-corrected chi connectivity index (χ4v) is 2.48. The number of aromatic nitrogens is 1. The van der Waals surface area contributed by atoms with Crippen LogP contribution in [0.25, 0.3) is 0 Å². The molecule has 0 aliphatic carbocycles. The van der Waals surface area contributed by atoms with E-state index in [-0.39, 0.29) is 0 Å². The van der Waals surface area contributed by atoms with Crippen molar-refractivity contribution in [3.8, 4) is 0 Å². The number of nitrogens with one attached hydrogen (secondary N) is 1. The summed E-state index contributed by atoms with van der Waals surface area (Å²) in [5.41, 5.74) is 2.43. The van der Waals surface area contributed by atoms with Gasteiger partial charge in [0, 0.05) is 38.4 Å². The zero-order chi connectivity index (χ0) is 13.0. The third-order valence-corrected chi connectivity index (χ3v) is 3.49. The second kappa shape index (κ2) is 6.32. The van der Waals surface area contributed by atoms with Crippen LogP contribution in [0.1, 0.15) is 24.9 Å². The van der Waals surface area contributed by atoms with E-state index in [0.29, 0.717) is 11.2 Å². The minimum atomic E-state index is 0.370. The van der Waals surface area contributed by atoms with Crippen LogP contribution in [-0.2, 0) is 0 Å². The largest absolute Gasteiger partial charge is 0.314 e. The first-order chi connectivity index (χ1) is 8.66. The monoisotopic (exact) mass is 265 g/mol. The van der Waals surface area contributed by atoms with Gasteiger partial charge in [0.15, 0.2) is 0 Å². The van der Waals surface area contributed by atoms with Gasteiger partial charge in [0.1, 0.15) is 5.15 Å². The molecule has 0 radical (unpaired) electrons. The highest BCUT2D eigenvalue weighted by molar-refractivity contribution is 6.29. The molecule has 2 heterocycles. The molecule has 18 heavy (non-hydrogen) atoms. The van der Waals surface area contributed by atoms with Crippen molar-refractivity contribution in [2.45, 2.75) is 19.4 Å². The lowest BCUT2D eigenvalue weighted by Gasteiger charge is -2.35. The lowest BCUT2D eigenvalue weighted by atomic mass is 9.99. The lowest BCUT2D eigenvalue weighted by molar-refractivity contribution is 0.172. The zero-order valence-corrected chi connectivity index (χ0v) is 11.6. The molecule has 2 rings (SSSR count). The molecular formula is C14H20ClN3. The Morgan fingerprint density at radius 3 is 2.78 bits per heavy atom. The average Bonchev–Trinajstić information content (AvgIpc) is 2.38. The Hall–Kier alpha value is -0.900. The van der Waals surface area contributed by atoms with Crippen LogP contribution in [-0.4, -0.2) is 36.1 Å². The smallest absolute Gasteiger partial charge is 0.129 e. The van der Waals surface area contributed by atoms with Gasteiger partial charge >= 0.3 is 0 Å². The summed E-state index contributed by atoms with van der Waals surface area (Å²) in [7, 11) is 0. The third-order valence-electron chi connectivity index (χ3n) is 3.27. The van der Waals surface area contributed by atoms with E-state index in [4.69, 9.17) is 11.6 Å². The number of piperazine rings is 1. The van der Waals surface area contributed by atoms with Gasteiger partial charge in [0.2, 0.25) is 0 Å². The Morgan fingerprint density at radius 1 is 1.50 bits per heavy atom. The summed E-state index contributed by atoms with van der Waals surface area (Å²) in [5, 5.41) is 3.93. The molecule has 1 aromatic rings. The molecule has 4 heteroatoms. The predicted molar refractivity (Wildman–Crippen MR) is 75.9 cm³/mol. The van der Waals surface area contributed by atoms with E-state index >= 15 is 0 Å². The first-order valence-electron chi connectivity index (χ1n) is 6.37. The molecule has 98 valence electrons. The fourth-order valence-electron chi connectivity index (χ4n) is 2.37. The minimum Gasteiger partial charge on any atom is -0.314 e. The van der Waals surface area contributed by atoms with E-state index in [1.807, 2.05) is 12.3 Å². The van der Waals surface area contributed by atoms with Gasteiger partial charge in [-0.05, 0) is 25.0 Å². The molecule has 1 atom stereocenters. The molecule has 0 spiro atoms. The SMILES string of the molecule is C=C(C)C[C@@H](c1ccc(Cl)nc1)N1CCNCC1. The number of hydrogen-bond acceptors (Lipinski definition) is 3. The Balaban J connectivity index is 2.17. The summed E-state index contributed by atoms with van der Waals surface area (Å²) in [6.07, 6.45) is 2.86. The first kappa shape index (κ1) is 13.5. The van der Waals surface area contributed by atoms with Crippen LogP contribution in [0.3, 0.4) is 0 Å². The van der Waals surface area contributed by atoms with E-state index in [9.17, 15) is 0 Å². The maximum atomic E-state index is 5.86. The average molecular weight is 266 g/mol. The summed E-state index contributed by atoms with van der Waals surface area (Å²) in [5.74, 6) is 0. The van der Waals surface area contributed by atoms with E-state index in [2.05, 4.69) is 34.8 Å². The van der Waals surface area contributed by atoms with Crippen molar-refractivity contribution in [1.82, 2.24) is 15.2 Å². The van der Waals surface area contributed by atoms with Crippen molar-refractivity contribution in [2.24, 2.45) is 0 Å². The standard InChI is InChI=1S/C14H20ClN3/c1-11(2)9-13(18-7-5-16-6-8-18)12-3-4-14(15)17-10-12/h3-4,10,13,16H,1,5-9H2,2H3/t13-/m0/s1. The van der Waals surface area contributed by atoms with Gasteiger partial charge in [-0.2, -0.15) is 0 Å². The quantitative estimate of drug-likeness (QED) is 0.670. The molecular weight excluding hydrogens is 246 g/mol. The van der Waals surface area contributed by atoms with Crippen molar-refractivity contribution in [2.75, 3.05) is 26.2 Å². The highest BCUT2D eigenvalue weighted by Crippen LogP contribution is 2.27. The molecule has 1 N–H and O–H groups in total. The molecule has 0 unspecified atom stereocenters. The third kappa shape index (κ3) is 3.55. The molecule has 1 saturated heterocycles. The molecule has 0 saturated carbocycles. The Morgan fingerprint density at radius 2 is 2.22 bits per heavy atom. The number of pyridine rings is 1. The molecule has 0 aromatic carbocycles. The van der Waals surface area contributed by atoms with Gasteiger partial charge in [-0.1, -0.05) is 23.2 Å². The Labute approximate surface area is 114 Å². The maximum Gasteiger partial charge on any atom is 0.129 e. The van der Waals surface area contributed by atoms with Crippen LogP contribution in [0.5, 0.6) is 0 Å². The summed E-state index contributed by atoms with van der Waals surface area (Å²) in [4.78, 5) is 6.69. The van der Waals surface area contributed by atoms with Crippen LogP contribution in [0.4, 0.5) is 0 Å².